The molecule has 42 heavy (non-hydrogen) atoms. The lowest BCUT2D eigenvalue weighted by Gasteiger charge is -2.43. The van der Waals surface area contributed by atoms with Gasteiger partial charge in [0.1, 0.15) is 29.7 Å². The van der Waals surface area contributed by atoms with Gasteiger partial charge in [-0.3, -0.25) is 9.80 Å². The molecule has 9 nitrogen and oxygen atoms in total. The number of carbonyl (C=O) groups excluding carboxylic acids is 1. The van der Waals surface area contributed by atoms with Crippen LogP contribution < -0.4 is 9.64 Å². The number of benzene rings is 1. The van der Waals surface area contributed by atoms with Crippen LogP contribution in [0.25, 0.3) is 0 Å². The maximum Gasteiger partial charge on any atom is 0.410 e. The van der Waals surface area contributed by atoms with Crippen LogP contribution >= 0.6 is 0 Å². The summed E-state index contributed by atoms with van der Waals surface area (Å²) >= 11 is 0. The molecule has 9 heteroatoms. The molecule has 1 amide bonds. The molecule has 4 aliphatic rings. The van der Waals surface area contributed by atoms with Crippen LogP contribution in [-0.4, -0.2) is 89.3 Å². The zero-order chi connectivity index (χ0) is 29.4. The predicted octanol–water partition coefficient (Wildman–Crippen LogP) is 4.57. The maximum absolute atomic E-state index is 13.1. The van der Waals surface area contributed by atoms with Crippen molar-refractivity contribution in [1.82, 2.24) is 19.7 Å². The topological polar surface area (TPSA) is 85.2 Å². The molecule has 1 aromatic heterocycles. The van der Waals surface area contributed by atoms with Gasteiger partial charge < -0.3 is 19.3 Å². The Morgan fingerprint density at radius 2 is 1.81 bits per heavy atom. The number of piperazine rings is 1. The molecule has 4 aliphatic heterocycles. The number of likely N-dealkylation sites (tertiary alicyclic amines) is 1. The molecule has 5 heterocycles. The van der Waals surface area contributed by atoms with Crippen molar-refractivity contribution in [3.63, 3.8) is 0 Å². The molecule has 0 N–H and O–H groups in total. The zero-order valence-electron chi connectivity index (χ0n) is 25.5. The lowest BCUT2D eigenvalue weighted by molar-refractivity contribution is 0.0122. The molecule has 3 atom stereocenters. The Hall–Kier alpha value is -3.35. The van der Waals surface area contributed by atoms with Crippen molar-refractivity contribution in [2.45, 2.75) is 89.7 Å². The van der Waals surface area contributed by atoms with E-state index in [0.717, 1.165) is 68.7 Å². The summed E-state index contributed by atoms with van der Waals surface area (Å²) in [5.41, 5.74) is 3.52. The number of pyridine rings is 1. The highest BCUT2D eigenvalue weighted by Gasteiger charge is 2.45. The predicted molar refractivity (Wildman–Crippen MR) is 161 cm³/mol. The Labute approximate surface area is 250 Å². The van der Waals surface area contributed by atoms with Crippen LogP contribution in [0, 0.1) is 11.3 Å². The molecule has 2 aromatic rings. The molecule has 0 aliphatic carbocycles. The number of carbonyl (C=O) groups is 1. The molecule has 3 saturated heterocycles. The quantitative estimate of drug-likeness (QED) is 0.498. The Kier molecular flexibility index (Phi) is 8.03. The molecule has 224 valence electrons. The number of anilines is 1. The highest BCUT2D eigenvalue weighted by molar-refractivity contribution is 5.71. The second-order valence-corrected chi connectivity index (χ2v) is 13.4. The van der Waals surface area contributed by atoms with Crippen LogP contribution in [0.3, 0.4) is 0 Å². The van der Waals surface area contributed by atoms with Crippen LogP contribution in [0.1, 0.15) is 68.7 Å². The van der Waals surface area contributed by atoms with Crippen LogP contribution in [0.5, 0.6) is 5.88 Å². The fourth-order valence-corrected chi connectivity index (χ4v) is 7.16. The van der Waals surface area contributed by atoms with Crippen molar-refractivity contribution in [3.8, 4) is 11.9 Å². The first-order valence-electron chi connectivity index (χ1n) is 15.5. The van der Waals surface area contributed by atoms with Crippen molar-refractivity contribution in [2.24, 2.45) is 0 Å². The van der Waals surface area contributed by atoms with E-state index in [1.165, 1.54) is 5.56 Å². The first-order valence-corrected chi connectivity index (χ1v) is 15.5. The van der Waals surface area contributed by atoms with E-state index in [1.54, 1.807) is 0 Å². The third-order valence-electron chi connectivity index (χ3n) is 9.25. The smallest absolute Gasteiger partial charge is 0.410 e. The normalized spacial score (nSPS) is 24.4. The van der Waals surface area contributed by atoms with Gasteiger partial charge in [0, 0.05) is 44.3 Å². The summed E-state index contributed by atoms with van der Waals surface area (Å²) in [5.74, 6) is 1.38. The summed E-state index contributed by atoms with van der Waals surface area (Å²) in [5, 5.41) is 10.4. The van der Waals surface area contributed by atoms with E-state index in [9.17, 15) is 10.1 Å². The maximum atomic E-state index is 13.1. The fraction of sp³-hybridized carbons (Fsp3) is 0.606. The molecule has 2 bridgehead atoms. The summed E-state index contributed by atoms with van der Waals surface area (Å²) in [6.07, 6.45) is 4.79. The molecule has 1 aromatic carbocycles. The number of aromatic nitrogens is 1. The van der Waals surface area contributed by atoms with Crippen molar-refractivity contribution in [3.05, 3.63) is 52.6 Å². The van der Waals surface area contributed by atoms with Gasteiger partial charge in [-0.2, -0.15) is 10.2 Å². The van der Waals surface area contributed by atoms with Gasteiger partial charge >= 0.3 is 6.09 Å². The number of ether oxygens (including phenoxy) is 2. The molecular weight excluding hydrogens is 528 g/mol. The van der Waals surface area contributed by atoms with Gasteiger partial charge in [-0.05, 0) is 77.6 Å². The summed E-state index contributed by atoms with van der Waals surface area (Å²) in [6, 6.07) is 13.5. The fourth-order valence-electron chi connectivity index (χ4n) is 7.16. The molecule has 0 saturated carbocycles. The summed E-state index contributed by atoms with van der Waals surface area (Å²) < 4.78 is 12.2. The number of nitrogens with zero attached hydrogens (tertiary/aromatic N) is 6. The largest absolute Gasteiger partial charge is 0.475 e. The number of rotatable bonds is 6. The second kappa shape index (κ2) is 11.7. The molecule has 0 radical (unpaired) electrons. The van der Waals surface area contributed by atoms with E-state index in [1.807, 2.05) is 31.7 Å². The Balaban J connectivity index is 1.30. The number of amides is 1. The number of likely N-dealkylation sites (N-methyl/N-ethyl adjacent to an activating group) is 1. The van der Waals surface area contributed by atoms with Gasteiger partial charge in [0.05, 0.1) is 12.1 Å². The monoisotopic (exact) mass is 572 g/mol. The minimum atomic E-state index is -0.521. The molecule has 0 spiro atoms. The highest BCUT2D eigenvalue weighted by Crippen LogP contribution is 2.39. The van der Waals surface area contributed by atoms with Crippen LogP contribution in [-0.2, 0) is 24.2 Å². The average molecular weight is 573 g/mol. The third-order valence-corrected chi connectivity index (χ3v) is 9.25. The minimum absolute atomic E-state index is 0.0846. The van der Waals surface area contributed by atoms with E-state index >= 15 is 0 Å². The number of nitriles is 1. The summed E-state index contributed by atoms with van der Waals surface area (Å²) in [4.78, 5) is 27.3. The van der Waals surface area contributed by atoms with Gasteiger partial charge in [0.25, 0.3) is 0 Å². The van der Waals surface area contributed by atoms with Crippen molar-refractivity contribution >= 4 is 11.9 Å². The van der Waals surface area contributed by atoms with Crippen LogP contribution in [0.2, 0.25) is 0 Å². The van der Waals surface area contributed by atoms with Crippen LogP contribution in [0.4, 0.5) is 10.6 Å². The lowest BCUT2D eigenvalue weighted by atomic mass is 9.95. The first kappa shape index (κ1) is 28.8. The Morgan fingerprint density at radius 3 is 2.45 bits per heavy atom. The Morgan fingerprint density at radius 1 is 1.07 bits per heavy atom. The highest BCUT2D eigenvalue weighted by atomic mass is 16.6. The van der Waals surface area contributed by atoms with E-state index < -0.39 is 5.60 Å². The van der Waals surface area contributed by atoms with Crippen molar-refractivity contribution in [1.29, 1.82) is 5.26 Å². The van der Waals surface area contributed by atoms with E-state index in [2.05, 4.69) is 52.1 Å². The van der Waals surface area contributed by atoms with Crippen LogP contribution in [0.15, 0.2) is 30.3 Å². The molecular formula is C33H44N6O3. The zero-order valence-corrected chi connectivity index (χ0v) is 25.5. The standard InChI is InChI=1S/C33H44N6O3/c1-33(2,3)42-32(40)39-24-12-13-25(39)20-38(19-24)30-27-14-16-37(18-23-9-6-5-7-10-23)21-29(27)28(17-34)31(35-30)41-22-26-11-8-15-36(26)4/h5-7,9-10,24-26H,8,11-16,18-22H2,1-4H3/t24-,25+,26-/m0/s1. The SMILES string of the molecule is CN1CCC[C@H]1COc1nc(N2C[C@H]3CC[C@@H](C2)N3C(=O)OC(C)(C)C)c2c(c1C#N)CN(Cc1ccccc1)CC2. The Bertz CT molecular complexity index is 1320. The molecule has 0 unspecified atom stereocenters. The van der Waals surface area contributed by atoms with E-state index in [-0.39, 0.29) is 18.2 Å². The van der Waals surface area contributed by atoms with E-state index in [4.69, 9.17) is 14.5 Å². The van der Waals surface area contributed by atoms with Crippen molar-refractivity contribution < 1.29 is 14.3 Å². The second-order valence-electron chi connectivity index (χ2n) is 13.4. The summed E-state index contributed by atoms with van der Waals surface area (Å²) in [6.45, 7) is 11.2. The number of fused-ring (bicyclic) bond motifs is 3. The first-order chi connectivity index (χ1) is 20.2. The number of hydrogen-bond donors (Lipinski definition) is 0. The average Bonchev–Trinajstić information content (AvgIpc) is 3.49. The van der Waals surface area contributed by atoms with Gasteiger partial charge in [-0.15, -0.1) is 0 Å². The van der Waals surface area contributed by atoms with Crippen molar-refractivity contribution in [2.75, 3.05) is 44.7 Å². The van der Waals surface area contributed by atoms with Gasteiger partial charge in [-0.25, -0.2) is 4.79 Å². The minimum Gasteiger partial charge on any atom is -0.475 e. The molecule has 3 fully saturated rings. The van der Waals surface area contributed by atoms with Gasteiger partial charge in [-0.1, -0.05) is 30.3 Å². The summed E-state index contributed by atoms with van der Waals surface area (Å²) in [7, 11) is 2.14. The van der Waals surface area contributed by atoms with Gasteiger partial charge in [0.2, 0.25) is 5.88 Å². The van der Waals surface area contributed by atoms with Gasteiger partial charge in [0.15, 0.2) is 0 Å². The van der Waals surface area contributed by atoms with E-state index in [0.29, 0.717) is 43.7 Å². The lowest BCUT2D eigenvalue weighted by Crippen LogP contribution is -2.57. The number of hydrogen-bond acceptors (Lipinski definition) is 8. The molecule has 6 rings (SSSR count). The third kappa shape index (κ3) is 5.93.